The lowest BCUT2D eigenvalue weighted by atomic mass is 9.89. The van der Waals surface area contributed by atoms with Crippen molar-refractivity contribution in [2.45, 2.75) is 57.2 Å². The maximum Gasteiger partial charge on any atom is 0.320 e. The van der Waals surface area contributed by atoms with E-state index >= 15 is 0 Å². The molecule has 36 heavy (non-hydrogen) atoms. The second-order valence-electron chi connectivity index (χ2n) is 10.1. The predicted molar refractivity (Wildman–Crippen MR) is 139 cm³/mol. The van der Waals surface area contributed by atoms with Gasteiger partial charge in [-0.05, 0) is 69.7 Å². The van der Waals surface area contributed by atoms with Crippen molar-refractivity contribution in [3.8, 4) is 0 Å². The molecule has 1 aliphatic carbocycles. The third-order valence-electron chi connectivity index (χ3n) is 7.34. The van der Waals surface area contributed by atoms with Gasteiger partial charge in [0.2, 0.25) is 0 Å². The van der Waals surface area contributed by atoms with Gasteiger partial charge >= 0.3 is 5.97 Å². The summed E-state index contributed by atoms with van der Waals surface area (Å²) in [6.45, 7) is 6.98. The van der Waals surface area contributed by atoms with Gasteiger partial charge in [0, 0.05) is 36.7 Å². The maximum atomic E-state index is 14.9. The number of halogens is 1. The van der Waals surface area contributed by atoms with Gasteiger partial charge in [0.1, 0.15) is 5.82 Å². The van der Waals surface area contributed by atoms with Crippen LogP contribution in [0.4, 0.5) is 4.39 Å². The van der Waals surface area contributed by atoms with E-state index in [0.29, 0.717) is 37.7 Å². The van der Waals surface area contributed by atoms with Crippen LogP contribution >= 0.6 is 11.8 Å². The van der Waals surface area contributed by atoms with E-state index in [9.17, 15) is 18.8 Å². The Morgan fingerprint density at radius 2 is 1.83 bits per heavy atom. The van der Waals surface area contributed by atoms with E-state index < -0.39 is 6.04 Å². The Morgan fingerprint density at radius 1 is 1.11 bits per heavy atom. The number of likely N-dealkylation sites (tertiary alicyclic amines) is 2. The van der Waals surface area contributed by atoms with Crippen molar-refractivity contribution in [2.75, 3.05) is 39.3 Å². The molecule has 1 aromatic carbocycles. The Balaban J connectivity index is 1.50. The molecule has 6 nitrogen and oxygen atoms in total. The van der Waals surface area contributed by atoms with Gasteiger partial charge in [0.05, 0.1) is 19.2 Å². The summed E-state index contributed by atoms with van der Waals surface area (Å²) in [6.07, 6.45) is 6.67. The Kier molecular flexibility index (Phi) is 9.36. The molecule has 0 amide bonds. The number of carbonyl (C=O) groups is 3. The first-order valence-corrected chi connectivity index (χ1v) is 14.0. The van der Waals surface area contributed by atoms with Gasteiger partial charge in [0.15, 0.2) is 10.9 Å². The lowest BCUT2D eigenvalue weighted by molar-refractivity contribution is -0.144. The summed E-state index contributed by atoms with van der Waals surface area (Å²) < 4.78 is 19.9. The fourth-order valence-electron chi connectivity index (χ4n) is 5.39. The molecule has 2 unspecified atom stereocenters. The van der Waals surface area contributed by atoms with Gasteiger partial charge in [-0.15, -0.1) is 0 Å². The maximum absolute atomic E-state index is 14.9. The van der Waals surface area contributed by atoms with Gasteiger partial charge in [-0.2, -0.15) is 0 Å². The summed E-state index contributed by atoms with van der Waals surface area (Å²) in [7, 11) is 0. The number of thioether (sulfide) groups is 1. The Hall–Kier alpha value is -2.03. The van der Waals surface area contributed by atoms with E-state index in [-0.39, 0.29) is 33.9 Å². The van der Waals surface area contributed by atoms with Crippen LogP contribution in [-0.2, 0) is 19.1 Å². The van der Waals surface area contributed by atoms with Crippen molar-refractivity contribution in [3.05, 3.63) is 47.3 Å². The highest BCUT2D eigenvalue weighted by molar-refractivity contribution is 8.14. The van der Waals surface area contributed by atoms with Crippen molar-refractivity contribution in [1.82, 2.24) is 9.80 Å². The first kappa shape index (κ1) is 27.0. The van der Waals surface area contributed by atoms with Crippen molar-refractivity contribution in [2.24, 2.45) is 11.8 Å². The monoisotopic (exact) mass is 516 g/mol. The molecule has 2 aliphatic heterocycles. The number of carbonyl (C=O) groups excluding carboxylic acids is 3. The van der Waals surface area contributed by atoms with Crippen LogP contribution in [0.3, 0.4) is 0 Å². The zero-order valence-electron chi connectivity index (χ0n) is 21.3. The third kappa shape index (κ3) is 7.05. The predicted octanol–water partition coefficient (Wildman–Crippen LogP) is 4.40. The fourth-order valence-corrected chi connectivity index (χ4v) is 6.32. The van der Waals surface area contributed by atoms with Crippen molar-refractivity contribution >= 4 is 28.6 Å². The Bertz CT molecular complexity index is 988. The number of hydrogen-bond acceptors (Lipinski definition) is 7. The van der Waals surface area contributed by atoms with Crippen LogP contribution in [0, 0.1) is 17.7 Å². The van der Waals surface area contributed by atoms with E-state index in [0.717, 1.165) is 50.8 Å². The summed E-state index contributed by atoms with van der Waals surface area (Å²) in [5.41, 5.74) is 1.62. The number of esters is 1. The molecule has 4 rings (SSSR count). The number of piperidine rings is 2. The minimum absolute atomic E-state index is 0.0232. The van der Waals surface area contributed by atoms with Gasteiger partial charge in [-0.25, -0.2) is 4.39 Å². The second kappa shape index (κ2) is 12.5. The molecule has 2 heterocycles. The lowest BCUT2D eigenvalue weighted by Gasteiger charge is -2.39. The highest BCUT2D eigenvalue weighted by Gasteiger charge is 2.41. The quantitative estimate of drug-likeness (QED) is 0.356. The number of ether oxygens (including phenoxy) is 1. The Morgan fingerprint density at radius 3 is 2.47 bits per heavy atom. The third-order valence-corrected chi connectivity index (χ3v) is 8.50. The van der Waals surface area contributed by atoms with Gasteiger partial charge in [0.25, 0.3) is 0 Å². The van der Waals surface area contributed by atoms with Crippen molar-refractivity contribution in [3.63, 3.8) is 0 Å². The molecule has 1 saturated carbocycles. The zero-order valence-corrected chi connectivity index (χ0v) is 22.1. The number of nitrogens with zero attached hydrogens (tertiary/aromatic N) is 2. The van der Waals surface area contributed by atoms with Crippen LogP contribution in [0.2, 0.25) is 0 Å². The highest BCUT2D eigenvalue weighted by Crippen LogP contribution is 2.40. The first-order chi connectivity index (χ1) is 17.4. The number of Topliss-reactive ketones (excluding diaryl/α,β-unsaturated/α-hetero) is 1. The number of benzene rings is 1. The lowest BCUT2D eigenvalue weighted by Crippen LogP contribution is -2.43. The average molecular weight is 517 g/mol. The molecule has 2 saturated heterocycles. The number of hydrogen-bond donors (Lipinski definition) is 0. The van der Waals surface area contributed by atoms with Crippen molar-refractivity contribution in [1.29, 1.82) is 0 Å². The molecule has 0 aromatic heterocycles. The standard InChI is InChI=1S/C28H37FN2O4S/c1-3-35-26(33)18-30-13-10-20(11-14-30)16-22-17-31(15-12-25(22)36-19(2)32)27(28(34)21-8-9-21)23-6-4-5-7-24(23)29/h4-7,16,20-21,25,27H,3,8-15,17-18H2,1-2H3/b22-16-. The highest BCUT2D eigenvalue weighted by atomic mass is 32.2. The number of allylic oxidation sites excluding steroid dienone is 1. The Labute approximate surface area is 217 Å². The topological polar surface area (TPSA) is 66.9 Å². The normalized spacial score (nSPS) is 24.0. The average Bonchev–Trinajstić information content (AvgIpc) is 3.69. The van der Waals surface area contributed by atoms with E-state index in [2.05, 4.69) is 15.9 Å². The number of rotatable bonds is 9. The van der Waals surface area contributed by atoms with E-state index in [1.807, 2.05) is 6.92 Å². The van der Waals surface area contributed by atoms with E-state index in [1.54, 1.807) is 25.1 Å². The summed E-state index contributed by atoms with van der Waals surface area (Å²) in [5.74, 6) is -0.0372. The van der Waals surface area contributed by atoms with Crippen LogP contribution in [-0.4, -0.2) is 71.2 Å². The first-order valence-electron chi connectivity index (χ1n) is 13.1. The molecule has 3 aliphatic rings. The second-order valence-corrected chi connectivity index (χ2v) is 11.5. The number of ketones is 1. The molecule has 3 fully saturated rings. The molecule has 0 spiro atoms. The molecular formula is C28H37FN2O4S. The molecule has 0 radical (unpaired) electrons. The molecule has 196 valence electrons. The van der Waals surface area contributed by atoms with Gasteiger partial charge < -0.3 is 4.74 Å². The molecule has 2 atom stereocenters. The molecule has 0 N–H and O–H groups in total. The molecular weight excluding hydrogens is 479 g/mol. The van der Waals surface area contributed by atoms with E-state index in [1.165, 1.54) is 17.8 Å². The van der Waals surface area contributed by atoms with Gasteiger partial charge in [-0.3, -0.25) is 24.2 Å². The van der Waals surface area contributed by atoms with Crippen LogP contribution in [0.25, 0.3) is 0 Å². The van der Waals surface area contributed by atoms with Crippen molar-refractivity contribution < 1.29 is 23.5 Å². The summed E-state index contributed by atoms with van der Waals surface area (Å²) in [5, 5.41) is 0.164. The summed E-state index contributed by atoms with van der Waals surface area (Å²) >= 11 is 1.36. The smallest absolute Gasteiger partial charge is 0.320 e. The minimum atomic E-state index is -0.586. The summed E-state index contributed by atoms with van der Waals surface area (Å²) in [6, 6.07) is 6.04. The molecule has 1 aromatic rings. The zero-order chi connectivity index (χ0) is 25.7. The summed E-state index contributed by atoms with van der Waals surface area (Å²) in [4.78, 5) is 41.4. The van der Waals surface area contributed by atoms with Crippen LogP contribution in [0.15, 0.2) is 35.9 Å². The minimum Gasteiger partial charge on any atom is -0.465 e. The van der Waals surface area contributed by atoms with Crippen LogP contribution in [0.1, 0.15) is 57.6 Å². The fraction of sp³-hybridized carbons (Fsp3) is 0.607. The molecule has 0 bridgehead atoms. The van der Waals surface area contributed by atoms with Crippen LogP contribution < -0.4 is 0 Å². The molecule has 8 heteroatoms. The van der Waals surface area contributed by atoms with E-state index in [4.69, 9.17) is 4.74 Å². The van der Waals surface area contributed by atoms with Crippen LogP contribution in [0.5, 0.6) is 0 Å². The van der Waals surface area contributed by atoms with Gasteiger partial charge in [-0.1, -0.05) is 36.0 Å². The largest absolute Gasteiger partial charge is 0.465 e. The SMILES string of the molecule is CCOC(=O)CN1CCC(/C=C2/CN(C(C(=O)C3CC3)c3ccccc3F)CCC2SC(C)=O)CC1.